The third kappa shape index (κ3) is 3.69. The number of likely N-dealkylation sites (tertiary alicyclic amines) is 1. The average molecular weight is 296 g/mol. The van der Waals surface area contributed by atoms with Crippen LogP contribution in [0.4, 0.5) is 4.79 Å². The Morgan fingerprint density at radius 1 is 1.24 bits per heavy atom. The molecule has 2 N–H and O–H groups in total. The summed E-state index contributed by atoms with van der Waals surface area (Å²) in [7, 11) is 0. The molecule has 0 aromatic carbocycles. The van der Waals surface area contributed by atoms with Crippen LogP contribution < -0.4 is 5.32 Å². The monoisotopic (exact) mass is 296 g/mol. The van der Waals surface area contributed by atoms with Crippen LogP contribution in [0.1, 0.15) is 58.8 Å². The maximum atomic E-state index is 12.5. The standard InChI is InChI=1S/C16H28N2O3/c1-3-11(2)14(15(19)20)17-16(21)18-10-6-8-12-7-4-5-9-13(12)18/h11-14H,3-10H2,1-2H3,(H,17,21)(H,19,20)/t11?,12-,13-,14+/m1/s1. The Morgan fingerprint density at radius 3 is 2.57 bits per heavy atom. The number of carboxylic acid groups (broad SMARTS) is 1. The quantitative estimate of drug-likeness (QED) is 0.838. The number of aliphatic carboxylic acids is 1. The Kier molecular flexibility index (Phi) is 5.48. The highest BCUT2D eigenvalue weighted by Crippen LogP contribution is 2.35. The van der Waals surface area contributed by atoms with Crippen molar-refractivity contribution < 1.29 is 14.7 Å². The lowest BCUT2D eigenvalue weighted by atomic mass is 9.78. The zero-order chi connectivity index (χ0) is 15.4. The minimum absolute atomic E-state index is 0.0570. The zero-order valence-corrected chi connectivity index (χ0v) is 13.2. The van der Waals surface area contributed by atoms with E-state index in [1.807, 2.05) is 18.7 Å². The van der Waals surface area contributed by atoms with Gasteiger partial charge in [-0.2, -0.15) is 0 Å². The van der Waals surface area contributed by atoms with Crippen molar-refractivity contribution in [3.8, 4) is 0 Å². The molecule has 0 aromatic heterocycles. The molecule has 1 heterocycles. The summed E-state index contributed by atoms with van der Waals surface area (Å²) in [6, 6.07) is -0.648. The van der Waals surface area contributed by atoms with E-state index in [2.05, 4.69) is 5.32 Å². The lowest BCUT2D eigenvalue weighted by molar-refractivity contribution is -0.140. The van der Waals surface area contributed by atoms with Crippen molar-refractivity contribution in [2.75, 3.05) is 6.54 Å². The lowest BCUT2D eigenvalue weighted by Crippen LogP contribution is -2.57. The predicted molar refractivity (Wildman–Crippen MR) is 81.1 cm³/mol. The number of hydrogen-bond acceptors (Lipinski definition) is 2. The van der Waals surface area contributed by atoms with Crippen molar-refractivity contribution in [2.45, 2.75) is 70.9 Å². The van der Waals surface area contributed by atoms with Crippen molar-refractivity contribution in [3.05, 3.63) is 0 Å². The molecular formula is C16H28N2O3. The normalized spacial score (nSPS) is 28.4. The van der Waals surface area contributed by atoms with Gasteiger partial charge >= 0.3 is 12.0 Å². The molecule has 1 unspecified atom stereocenters. The predicted octanol–water partition coefficient (Wildman–Crippen LogP) is 2.85. The first-order valence-electron chi connectivity index (χ1n) is 8.34. The van der Waals surface area contributed by atoms with Gasteiger partial charge < -0.3 is 15.3 Å². The number of carbonyl (C=O) groups excluding carboxylic acids is 1. The molecule has 0 spiro atoms. The van der Waals surface area contributed by atoms with Gasteiger partial charge in [0.15, 0.2) is 0 Å². The molecule has 21 heavy (non-hydrogen) atoms. The van der Waals surface area contributed by atoms with Crippen molar-refractivity contribution >= 4 is 12.0 Å². The number of fused-ring (bicyclic) bond motifs is 1. The molecule has 1 saturated heterocycles. The van der Waals surface area contributed by atoms with Gasteiger partial charge in [-0.05, 0) is 37.5 Å². The fourth-order valence-corrected chi connectivity index (χ4v) is 3.78. The van der Waals surface area contributed by atoms with Gasteiger partial charge in [0.2, 0.25) is 0 Å². The first-order valence-corrected chi connectivity index (χ1v) is 8.34. The highest BCUT2D eigenvalue weighted by atomic mass is 16.4. The van der Waals surface area contributed by atoms with Crippen LogP contribution in [0.5, 0.6) is 0 Å². The molecule has 2 rings (SSSR count). The second-order valence-electron chi connectivity index (χ2n) is 6.60. The van der Waals surface area contributed by atoms with Gasteiger partial charge in [-0.25, -0.2) is 9.59 Å². The van der Waals surface area contributed by atoms with E-state index in [9.17, 15) is 14.7 Å². The Labute approximate surface area is 127 Å². The van der Waals surface area contributed by atoms with Gasteiger partial charge in [0.25, 0.3) is 0 Å². The van der Waals surface area contributed by atoms with Crippen LogP contribution in [0.3, 0.4) is 0 Å². The highest BCUT2D eigenvalue weighted by molar-refractivity contribution is 5.83. The summed E-state index contributed by atoms with van der Waals surface area (Å²) < 4.78 is 0. The molecule has 0 radical (unpaired) electrons. The number of carboxylic acids is 1. The Morgan fingerprint density at radius 2 is 1.90 bits per heavy atom. The lowest BCUT2D eigenvalue weighted by Gasteiger charge is -2.44. The van der Waals surface area contributed by atoms with E-state index in [1.165, 1.54) is 25.7 Å². The summed E-state index contributed by atoms with van der Waals surface area (Å²) in [4.78, 5) is 25.8. The van der Waals surface area contributed by atoms with Gasteiger partial charge in [0.1, 0.15) is 6.04 Å². The van der Waals surface area contributed by atoms with E-state index in [0.29, 0.717) is 12.0 Å². The van der Waals surface area contributed by atoms with Gasteiger partial charge in [-0.15, -0.1) is 0 Å². The molecule has 5 nitrogen and oxygen atoms in total. The van der Waals surface area contributed by atoms with Crippen LogP contribution in [0.2, 0.25) is 0 Å². The Balaban J connectivity index is 2.02. The molecule has 120 valence electrons. The van der Waals surface area contributed by atoms with E-state index in [1.54, 1.807) is 0 Å². The summed E-state index contributed by atoms with van der Waals surface area (Å²) in [6.07, 6.45) is 7.71. The topological polar surface area (TPSA) is 69.6 Å². The summed E-state index contributed by atoms with van der Waals surface area (Å²) in [5.74, 6) is -0.376. The van der Waals surface area contributed by atoms with E-state index in [0.717, 1.165) is 25.8 Å². The second-order valence-corrected chi connectivity index (χ2v) is 6.60. The number of hydrogen-bond donors (Lipinski definition) is 2. The number of rotatable bonds is 4. The third-order valence-corrected chi connectivity index (χ3v) is 5.26. The van der Waals surface area contributed by atoms with Crippen molar-refractivity contribution in [2.24, 2.45) is 11.8 Å². The van der Waals surface area contributed by atoms with Crippen LogP contribution in [0.15, 0.2) is 0 Å². The van der Waals surface area contributed by atoms with Crippen LogP contribution in [0, 0.1) is 11.8 Å². The SMILES string of the molecule is CCC(C)[C@H](NC(=O)N1CCC[C@H]2CCCC[C@H]21)C(=O)O. The molecule has 0 bridgehead atoms. The first kappa shape index (κ1) is 16.1. The molecule has 5 heteroatoms. The van der Waals surface area contributed by atoms with Gasteiger partial charge in [-0.3, -0.25) is 0 Å². The number of nitrogens with one attached hydrogen (secondary N) is 1. The van der Waals surface area contributed by atoms with Gasteiger partial charge in [0.05, 0.1) is 0 Å². The smallest absolute Gasteiger partial charge is 0.326 e. The molecule has 0 aromatic rings. The molecular weight excluding hydrogens is 268 g/mol. The van der Waals surface area contributed by atoms with Crippen molar-refractivity contribution in [1.82, 2.24) is 10.2 Å². The average Bonchev–Trinajstić information content (AvgIpc) is 2.50. The Bertz CT molecular complexity index is 384. The van der Waals surface area contributed by atoms with Crippen molar-refractivity contribution in [3.63, 3.8) is 0 Å². The second kappa shape index (κ2) is 7.14. The maximum absolute atomic E-state index is 12.5. The van der Waals surface area contributed by atoms with E-state index in [-0.39, 0.29) is 11.9 Å². The number of nitrogens with zero attached hydrogens (tertiary/aromatic N) is 1. The molecule has 1 saturated carbocycles. The summed E-state index contributed by atoms with van der Waals surface area (Å²) in [5, 5.41) is 12.1. The molecule has 2 amide bonds. The van der Waals surface area contributed by atoms with Gasteiger partial charge in [0, 0.05) is 12.6 Å². The summed E-state index contributed by atoms with van der Waals surface area (Å²) in [5.41, 5.74) is 0. The van der Waals surface area contributed by atoms with Gasteiger partial charge in [-0.1, -0.05) is 33.1 Å². The molecule has 4 atom stereocenters. The minimum atomic E-state index is -0.935. The fourth-order valence-electron chi connectivity index (χ4n) is 3.78. The van der Waals surface area contributed by atoms with E-state index < -0.39 is 12.0 Å². The van der Waals surface area contributed by atoms with E-state index in [4.69, 9.17) is 0 Å². The fraction of sp³-hybridized carbons (Fsp3) is 0.875. The number of piperidine rings is 1. The van der Waals surface area contributed by atoms with Crippen molar-refractivity contribution in [1.29, 1.82) is 0 Å². The number of amides is 2. The molecule has 1 aliphatic heterocycles. The van der Waals surface area contributed by atoms with Crippen LogP contribution in [0.25, 0.3) is 0 Å². The zero-order valence-electron chi connectivity index (χ0n) is 13.2. The van der Waals surface area contributed by atoms with E-state index >= 15 is 0 Å². The van der Waals surface area contributed by atoms with Crippen LogP contribution >= 0.6 is 0 Å². The number of carbonyl (C=O) groups is 2. The minimum Gasteiger partial charge on any atom is -0.480 e. The number of urea groups is 1. The maximum Gasteiger partial charge on any atom is 0.326 e. The molecule has 2 aliphatic rings. The largest absolute Gasteiger partial charge is 0.480 e. The Hall–Kier alpha value is -1.26. The van der Waals surface area contributed by atoms with Crippen LogP contribution in [-0.4, -0.2) is 40.6 Å². The highest BCUT2D eigenvalue weighted by Gasteiger charge is 2.37. The summed E-state index contributed by atoms with van der Waals surface area (Å²) >= 11 is 0. The third-order valence-electron chi connectivity index (χ3n) is 5.26. The summed E-state index contributed by atoms with van der Waals surface area (Å²) in [6.45, 7) is 4.59. The van der Waals surface area contributed by atoms with Crippen LogP contribution in [-0.2, 0) is 4.79 Å². The first-order chi connectivity index (χ1) is 10.0. The molecule has 2 fully saturated rings. The molecule has 1 aliphatic carbocycles.